The molecule has 0 saturated carbocycles. The molecule has 108 valence electrons. The molecule has 1 aromatic rings. The van der Waals surface area contributed by atoms with E-state index in [2.05, 4.69) is 9.47 Å². The maximum atomic E-state index is 12.4. The van der Waals surface area contributed by atoms with Crippen molar-refractivity contribution < 1.29 is 35.8 Å². The van der Waals surface area contributed by atoms with Crippen molar-refractivity contribution in [3.05, 3.63) is 24.3 Å². The summed E-state index contributed by atoms with van der Waals surface area (Å²) in [6.07, 6.45) is -12.2. The second-order valence-corrected chi connectivity index (χ2v) is 3.38. The predicted molar refractivity (Wildman–Crippen MR) is 52.7 cm³/mol. The van der Waals surface area contributed by atoms with Gasteiger partial charge in [0.25, 0.3) is 0 Å². The monoisotopic (exact) mass is 289 g/mol. The fourth-order valence-corrected chi connectivity index (χ4v) is 1.16. The maximum Gasteiger partial charge on any atom is 0.573 e. The SMILES string of the molecule is NCC(Oc1ccccc1OC(F)(F)F)C(F)(F)F. The number of ether oxygens (including phenoxy) is 2. The fourth-order valence-electron chi connectivity index (χ4n) is 1.16. The highest BCUT2D eigenvalue weighted by atomic mass is 19.4. The molecule has 19 heavy (non-hydrogen) atoms. The van der Waals surface area contributed by atoms with Crippen LogP contribution in [0.1, 0.15) is 0 Å². The lowest BCUT2D eigenvalue weighted by atomic mass is 10.3. The molecule has 2 N–H and O–H groups in total. The summed E-state index contributed by atoms with van der Waals surface area (Å²) < 4.78 is 81.4. The van der Waals surface area contributed by atoms with Crippen LogP contribution in [0, 0.1) is 0 Å². The van der Waals surface area contributed by atoms with Gasteiger partial charge in [0.2, 0.25) is 6.10 Å². The van der Waals surface area contributed by atoms with Crippen molar-refractivity contribution in [2.75, 3.05) is 6.54 Å². The first kappa shape index (κ1) is 15.4. The summed E-state index contributed by atoms with van der Waals surface area (Å²) in [6.45, 7) is -0.927. The summed E-state index contributed by atoms with van der Waals surface area (Å²) in [5, 5.41) is 0. The van der Waals surface area contributed by atoms with Crippen LogP contribution < -0.4 is 15.2 Å². The summed E-state index contributed by atoms with van der Waals surface area (Å²) in [5.74, 6) is -1.55. The molecule has 0 aliphatic heterocycles. The predicted octanol–water partition coefficient (Wildman–Crippen LogP) is 2.85. The molecule has 0 heterocycles. The zero-order valence-electron chi connectivity index (χ0n) is 9.26. The van der Waals surface area contributed by atoms with Crippen molar-refractivity contribution in [2.45, 2.75) is 18.6 Å². The van der Waals surface area contributed by atoms with Crippen LogP contribution in [0.4, 0.5) is 26.3 Å². The molecule has 0 amide bonds. The van der Waals surface area contributed by atoms with Crippen LogP contribution in [0.25, 0.3) is 0 Å². The Labute approximate surface area is 103 Å². The Morgan fingerprint density at radius 1 is 1.00 bits per heavy atom. The van der Waals surface area contributed by atoms with Gasteiger partial charge >= 0.3 is 12.5 Å². The van der Waals surface area contributed by atoms with E-state index in [0.29, 0.717) is 0 Å². The summed E-state index contributed by atoms with van der Waals surface area (Å²) >= 11 is 0. The molecule has 3 nitrogen and oxygen atoms in total. The summed E-state index contributed by atoms with van der Waals surface area (Å²) in [4.78, 5) is 0. The molecule has 9 heteroatoms. The highest BCUT2D eigenvalue weighted by Crippen LogP contribution is 2.34. The third-order valence-electron chi connectivity index (χ3n) is 1.92. The molecule has 0 aliphatic carbocycles. The smallest absolute Gasteiger partial charge is 0.476 e. The molecule has 1 atom stereocenters. The lowest BCUT2D eigenvalue weighted by molar-refractivity contribution is -0.275. The number of benzene rings is 1. The topological polar surface area (TPSA) is 44.5 Å². The number of alkyl halides is 6. The van der Waals surface area contributed by atoms with Gasteiger partial charge in [0.15, 0.2) is 11.5 Å². The van der Waals surface area contributed by atoms with E-state index in [0.717, 1.165) is 12.1 Å². The van der Waals surface area contributed by atoms with Gasteiger partial charge in [-0.3, -0.25) is 0 Å². The molecular weight excluding hydrogens is 280 g/mol. The molecule has 0 aliphatic rings. The minimum absolute atomic E-state index is 0.687. The van der Waals surface area contributed by atoms with Crippen LogP contribution >= 0.6 is 0 Å². The third kappa shape index (κ3) is 4.86. The van der Waals surface area contributed by atoms with Crippen molar-refractivity contribution in [3.8, 4) is 11.5 Å². The lowest BCUT2D eigenvalue weighted by Crippen LogP contribution is -2.40. The molecular formula is C10H9F6NO2. The van der Waals surface area contributed by atoms with Gasteiger partial charge in [0.1, 0.15) is 0 Å². The Kier molecular flexibility index (Phi) is 4.51. The van der Waals surface area contributed by atoms with Crippen LogP contribution in [0.15, 0.2) is 24.3 Å². The summed E-state index contributed by atoms with van der Waals surface area (Å²) in [6, 6.07) is 4.14. The van der Waals surface area contributed by atoms with Gasteiger partial charge in [-0.25, -0.2) is 0 Å². The fraction of sp³-hybridized carbons (Fsp3) is 0.400. The highest BCUT2D eigenvalue weighted by Gasteiger charge is 2.41. The van der Waals surface area contributed by atoms with Gasteiger partial charge in [0.05, 0.1) is 0 Å². The van der Waals surface area contributed by atoms with Gasteiger partial charge in [0, 0.05) is 6.54 Å². The number of halogens is 6. The van der Waals surface area contributed by atoms with Gasteiger partial charge in [-0.15, -0.1) is 13.2 Å². The Bertz CT molecular complexity index is 417. The zero-order chi connectivity index (χ0) is 14.7. The van der Waals surface area contributed by atoms with Crippen molar-refractivity contribution in [2.24, 2.45) is 5.73 Å². The standard InChI is InChI=1S/C10H9F6NO2/c11-9(12,13)8(5-17)18-6-3-1-2-4-7(6)19-10(14,15)16/h1-4,8H,5,17H2. The van der Waals surface area contributed by atoms with E-state index in [9.17, 15) is 26.3 Å². The zero-order valence-corrected chi connectivity index (χ0v) is 9.26. The number of hydrogen-bond donors (Lipinski definition) is 1. The Hall–Kier alpha value is -1.64. The first-order chi connectivity index (χ1) is 8.63. The van der Waals surface area contributed by atoms with Crippen LogP contribution in [-0.4, -0.2) is 25.2 Å². The quantitative estimate of drug-likeness (QED) is 0.867. The number of hydrogen-bond acceptors (Lipinski definition) is 3. The maximum absolute atomic E-state index is 12.4. The van der Waals surface area contributed by atoms with Crippen LogP contribution in [0.5, 0.6) is 11.5 Å². The summed E-state index contributed by atoms with van der Waals surface area (Å²) in [7, 11) is 0. The number of para-hydroxylation sites is 2. The Morgan fingerprint density at radius 2 is 1.53 bits per heavy atom. The minimum atomic E-state index is -5.03. The number of rotatable bonds is 4. The van der Waals surface area contributed by atoms with Crippen LogP contribution in [0.3, 0.4) is 0 Å². The average Bonchev–Trinajstić information content (AvgIpc) is 2.24. The molecule has 0 radical (unpaired) electrons. The van der Waals surface area contributed by atoms with E-state index in [1.807, 2.05) is 0 Å². The average molecular weight is 289 g/mol. The van der Waals surface area contributed by atoms with E-state index in [1.165, 1.54) is 12.1 Å². The van der Waals surface area contributed by atoms with Crippen LogP contribution in [-0.2, 0) is 0 Å². The van der Waals surface area contributed by atoms with Crippen LogP contribution in [0.2, 0.25) is 0 Å². The normalized spacial score (nSPS) is 14.1. The molecule has 0 aromatic heterocycles. The largest absolute Gasteiger partial charge is 0.573 e. The van der Waals surface area contributed by atoms with E-state index in [1.54, 1.807) is 0 Å². The summed E-state index contributed by atoms with van der Waals surface area (Å²) in [5.41, 5.74) is 4.88. The van der Waals surface area contributed by atoms with E-state index >= 15 is 0 Å². The van der Waals surface area contributed by atoms with E-state index in [4.69, 9.17) is 5.73 Å². The van der Waals surface area contributed by atoms with E-state index < -0.39 is 36.7 Å². The minimum Gasteiger partial charge on any atom is -0.476 e. The highest BCUT2D eigenvalue weighted by molar-refractivity contribution is 5.39. The molecule has 0 spiro atoms. The Balaban J connectivity index is 2.95. The van der Waals surface area contributed by atoms with Crippen molar-refractivity contribution >= 4 is 0 Å². The van der Waals surface area contributed by atoms with Gasteiger partial charge in [-0.05, 0) is 12.1 Å². The molecule has 0 saturated heterocycles. The van der Waals surface area contributed by atoms with Crippen molar-refractivity contribution in [1.29, 1.82) is 0 Å². The number of nitrogens with two attached hydrogens (primary N) is 1. The first-order valence-electron chi connectivity index (χ1n) is 4.91. The van der Waals surface area contributed by atoms with Gasteiger partial charge in [-0.2, -0.15) is 13.2 Å². The van der Waals surface area contributed by atoms with Gasteiger partial charge < -0.3 is 15.2 Å². The molecule has 0 fully saturated rings. The van der Waals surface area contributed by atoms with E-state index in [-0.39, 0.29) is 0 Å². The van der Waals surface area contributed by atoms with Crippen molar-refractivity contribution in [3.63, 3.8) is 0 Å². The molecule has 1 rings (SSSR count). The first-order valence-corrected chi connectivity index (χ1v) is 4.91. The second-order valence-electron chi connectivity index (χ2n) is 3.38. The lowest BCUT2D eigenvalue weighted by Gasteiger charge is -2.21. The Morgan fingerprint density at radius 3 is 1.95 bits per heavy atom. The van der Waals surface area contributed by atoms with Crippen molar-refractivity contribution in [1.82, 2.24) is 0 Å². The third-order valence-corrected chi connectivity index (χ3v) is 1.92. The van der Waals surface area contributed by atoms with Gasteiger partial charge in [-0.1, -0.05) is 12.1 Å². The molecule has 1 unspecified atom stereocenters. The molecule has 0 bridgehead atoms. The second kappa shape index (κ2) is 5.55. The molecule has 1 aromatic carbocycles.